The van der Waals surface area contributed by atoms with Gasteiger partial charge in [-0.15, -0.1) is 0 Å². The molecule has 1 aromatic rings. The van der Waals surface area contributed by atoms with Crippen LogP contribution in [0.3, 0.4) is 0 Å². The van der Waals surface area contributed by atoms with E-state index in [1.165, 1.54) is 5.56 Å². The van der Waals surface area contributed by atoms with Gasteiger partial charge in [0.05, 0.1) is 6.10 Å². The minimum absolute atomic E-state index is 0.0729. The van der Waals surface area contributed by atoms with Crippen molar-refractivity contribution in [2.24, 2.45) is 0 Å². The van der Waals surface area contributed by atoms with Crippen LogP contribution in [0.15, 0.2) is 18.3 Å². The molecule has 2 heteroatoms. The van der Waals surface area contributed by atoms with E-state index in [4.69, 9.17) is 5.11 Å². The molecule has 1 fully saturated rings. The molecular weight excluding hydrogens is 150 g/mol. The molecule has 0 unspecified atom stereocenters. The maximum absolute atomic E-state index is 9.11. The summed E-state index contributed by atoms with van der Waals surface area (Å²) >= 11 is 0. The second-order valence-corrected chi connectivity index (χ2v) is 3.56. The van der Waals surface area contributed by atoms with Crippen LogP contribution >= 0.6 is 0 Å². The maximum Gasteiger partial charge on any atom is 0.0552 e. The Morgan fingerprint density at radius 1 is 1.42 bits per heavy atom. The summed E-state index contributed by atoms with van der Waals surface area (Å²) in [7, 11) is 0. The number of hydrogen-bond acceptors (Lipinski definition) is 2. The quantitative estimate of drug-likeness (QED) is 0.682. The van der Waals surface area contributed by atoms with Crippen molar-refractivity contribution in [3.05, 3.63) is 29.6 Å². The second kappa shape index (κ2) is 2.87. The van der Waals surface area contributed by atoms with Crippen molar-refractivity contribution in [2.75, 3.05) is 0 Å². The molecule has 2 nitrogen and oxygen atoms in total. The van der Waals surface area contributed by atoms with E-state index in [9.17, 15) is 0 Å². The zero-order valence-corrected chi connectivity index (χ0v) is 7.20. The lowest BCUT2D eigenvalue weighted by atomic mass is 9.78. The van der Waals surface area contributed by atoms with Crippen LogP contribution in [0, 0.1) is 6.92 Å². The molecule has 1 aliphatic rings. The molecule has 0 bridgehead atoms. The zero-order chi connectivity index (χ0) is 8.55. The maximum atomic E-state index is 9.11. The average Bonchev–Trinajstić information content (AvgIpc) is 2.01. The van der Waals surface area contributed by atoms with E-state index >= 15 is 0 Å². The highest BCUT2D eigenvalue weighted by atomic mass is 16.3. The summed E-state index contributed by atoms with van der Waals surface area (Å²) in [5.41, 5.74) is 2.32. The molecule has 2 rings (SSSR count). The Morgan fingerprint density at radius 3 is 2.67 bits per heavy atom. The van der Waals surface area contributed by atoms with E-state index < -0.39 is 0 Å². The minimum atomic E-state index is -0.0729. The van der Waals surface area contributed by atoms with Gasteiger partial charge < -0.3 is 5.11 Å². The fourth-order valence-electron chi connectivity index (χ4n) is 1.58. The largest absolute Gasteiger partial charge is 0.393 e. The Morgan fingerprint density at radius 2 is 2.17 bits per heavy atom. The van der Waals surface area contributed by atoms with Crippen LogP contribution < -0.4 is 0 Å². The summed E-state index contributed by atoms with van der Waals surface area (Å²) in [4.78, 5) is 4.23. The molecule has 0 aromatic carbocycles. The molecule has 1 N–H and O–H groups in total. The third-order valence-electron chi connectivity index (χ3n) is 2.52. The van der Waals surface area contributed by atoms with Crippen molar-refractivity contribution < 1.29 is 5.11 Å². The molecule has 1 aromatic heterocycles. The van der Waals surface area contributed by atoms with E-state index in [1.807, 2.05) is 19.2 Å². The Hall–Kier alpha value is -0.890. The summed E-state index contributed by atoms with van der Waals surface area (Å²) in [5.74, 6) is 0.549. The molecule has 0 spiro atoms. The molecule has 1 heterocycles. The van der Waals surface area contributed by atoms with Crippen LogP contribution in [0.25, 0.3) is 0 Å². The highest BCUT2D eigenvalue weighted by Crippen LogP contribution is 2.36. The van der Waals surface area contributed by atoms with Crippen LogP contribution in [0.1, 0.15) is 30.0 Å². The first-order valence-electron chi connectivity index (χ1n) is 4.36. The number of aliphatic hydroxyl groups excluding tert-OH is 1. The van der Waals surface area contributed by atoms with E-state index in [0.29, 0.717) is 5.92 Å². The Labute approximate surface area is 72.3 Å². The highest BCUT2D eigenvalue weighted by molar-refractivity contribution is 5.20. The number of pyridine rings is 1. The SMILES string of the molecule is Cc1ccc(C2CC(O)C2)cn1. The van der Waals surface area contributed by atoms with E-state index in [-0.39, 0.29) is 6.10 Å². The lowest BCUT2D eigenvalue weighted by molar-refractivity contribution is 0.0745. The van der Waals surface area contributed by atoms with Gasteiger partial charge in [-0.2, -0.15) is 0 Å². The van der Waals surface area contributed by atoms with Crippen LogP contribution in [0.5, 0.6) is 0 Å². The van der Waals surface area contributed by atoms with E-state index in [2.05, 4.69) is 11.1 Å². The smallest absolute Gasteiger partial charge is 0.0552 e. The highest BCUT2D eigenvalue weighted by Gasteiger charge is 2.28. The first-order chi connectivity index (χ1) is 5.75. The summed E-state index contributed by atoms with van der Waals surface area (Å²) in [6.07, 6.45) is 3.66. The first kappa shape index (κ1) is 7.74. The van der Waals surface area contributed by atoms with Crippen molar-refractivity contribution in [3.8, 4) is 0 Å². The molecule has 64 valence electrons. The summed E-state index contributed by atoms with van der Waals surface area (Å²) in [6.45, 7) is 1.99. The van der Waals surface area contributed by atoms with Gasteiger partial charge in [0.2, 0.25) is 0 Å². The number of aromatic nitrogens is 1. The zero-order valence-electron chi connectivity index (χ0n) is 7.20. The van der Waals surface area contributed by atoms with Gasteiger partial charge in [0, 0.05) is 11.9 Å². The Kier molecular flexibility index (Phi) is 1.85. The fraction of sp³-hybridized carbons (Fsp3) is 0.500. The molecule has 0 radical (unpaired) electrons. The number of aliphatic hydroxyl groups is 1. The number of rotatable bonds is 1. The predicted molar refractivity (Wildman–Crippen MR) is 47.0 cm³/mol. The molecular formula is C10H13NO. The first-order valence-corrected chi connectivity index (χ1v) is 4.36. The molecule has 12 heavy (non-hydrogen) atoms. The van der Waals surface area contributed by atoms with Gasteiger partial charge in [-0.1, -0.05) is 6.07 Å². The molecule has 0 aliphatic heterocycles. The lowest BCUT2D eigenvalue weighted by Gasteiger charge is -2.31. The standard InChI is InChI=1S/C10H13NO/c1-7-2-3-8(6-11-7)9-4-10(12)5-9/h2-3,6,9-10,12H,4-5H2,1H3. The van der Waals surface area contributed by atoms with Crippen LogP contribution in [-0.4, -0.2) is 16.2 Å². The Bertz CT molecular complexity index is 262. The van der Waals surface area contributed by atoms with Gasteiger partial charge in [0.25, 0.3) is 0 Å². The second-order valence-electron chi connectivity index (χ2n) is 3.56. The molecule has 1 saturated carbocycles. The van der Waals surface area contributed by atoms with E-state index in [0.717, 1.165) is 18.5 Å². The van der Waals surface area contributed by atoms with Crippen LogP contribution in [-0.2, 0) is 0 Å². The summed E-state index contributed by atoms with van der Waals surface area (Å²) < 4.78 is 0. The van der Waals surface area contributed by atoms with Gasteiger partial charge in [0.15, 0.2) is 0 Å². The van der Waals surface area contributed by atoms with Gasteiger partial charge in [-0.3, -0.25) is 4.98 Å². The molecule has 1 aliphatic carbocycles. The lowest BCUT2D eigenvalue weighted by Crippen LogP contribution is -2.26. The Balaban J connectivity index is 2.09. The molecule has 0 amide bonds. The van der Waals surface area contributed by atoms with Crippen molar-refractivity contribution in [1.29, 1.82) is 0 Å². The van der Waals surface area contributed by atoms with Crippen LogP contribution in [0.4, 0.5) is 0 Å². The topological polar surface area (TPSA) is 33.1 Å². The number of hydrogen-bond donors (Lipinski definition) is 1. The number of nitrogens with zero attached hydrogens (tertiary/aromatic N) is 1. The van der Waals surface area contributed by atoms with Gasteiger partial charge in [0.1, 0.15) is 0 Å². The van der Waals surface area contributed by atoms with Crippen molar-refractivity contribution >= 4 is 0 Å². The van der Waals surface area contributed by atoms with E-state index in [1.54, 1.807) is 0 Å². The minimum Gasteiger partial charge on any atom is -0.393 e. The fourth-order valence-corrected chi connectivity index (χ4v) is 1.58. The van der Waals surface area contributed by atoms with Crippen molar-refractivity contribution in [2.45, 2.75) is 31.8 Å². The third kappa shape index (κ3) is 1.34. The van der Waals surface area contributed by atoms with Crippen molar-refractivity contribution in [3.63, 3.8) is 0 Å². The van der Waals surface area contributed by atoms with Gasteiger partial charge in [-0.25, -0.2) is 0 Å². The van der Waals surface area contributed by atoms with Crippen molar-refractivity contribution in [1.82, 2.24) is 4.98 Å². The summed E-state index contributed by atoms with van der Waals surface area (Å²) in [5, 5.41) is 9.11. The monoisotopic (exact) mass is 163 g/mol. The normalized spacial score (nSPS) is 28.2. The summed E-state index contributed by atoms with van der Waals surface area (Å²) in [6, 6.07) is 4.14. The van der Waals surface area contributed by atoms with Crippen LogP contribution in [0.2, 0.25) is 0 Å². The molecule has 0 atom stereocenters. The number of aryl methyl sites for hydroxylation is 1. The third-order valence-corrected chi connectivity index (χ3v) is 2.52. The predicted octanol–water partition coefficient (Wildman–Crippen LogP) is 1.63. The molecule has 0 saturated heterocycles. The average molecular weight is 163 g/mol. The van der Waals surface area contributed by atoms with Gasteiger partial charge in [-0.05, 0) is 37.3 Å². The van der Waals surface area contributed by atoms with Gasteiger partial charge >= 0.3 is 0 Å².